The molecule has 5 heterocycles. The zero-order valence-corrected chi connectivity index (χ0v) is 32.4. The lowest BCUT2D eigenvalue weighted by atomic mass is 9.74. The molecule has 3 aromatic heterocycles. The Bertz CT molecular complexity index is 2160. The molecule has 2 aliphatic heterocycles. The van der Waals surface area contributed by atoms with Crippen molar-refractivity contribution in [2.45, 2.75) is 90.4 Å². The van der Waals surface area contributed by atoms with Crippen LogP contribution < -0.4 is 0 Å². The van der Waals surface area contributed by atoms with Crippen molar-refractivity contribution >= 4 is 57.1 Å². The summed E-state index contributed by atoms with van der Waals surface area (Å²) < 4.78 is 20.2. The van der Waals surface area contributed by atoms with Gasteiger partial charge in [-0.1, -0.05) is 13.8 Å². The summed E-state index contributed by atoms with van der Waals surface area (Å²) in [5.74, 6) is -1.84. The Kier molecular flexibility index (Phi) is 12.4. The molecule has 288 valence electrons. The van der Waals surface area contributed by atoms with Gasteiger partial charge in [-0.25, -0.2) is 4.98 Å². The van der Waals surface area contributed by atoms with Crippen LogP contribution in [0, 0.1) is 0 Å². The number of carbonyl (C=O) groups is 4. The first-order valence-electron chi connectivity index (χ1n) is 18.1. The molecule has 0 fully saturated rings. The van der Waals surface area contributed by atoms with Crippen LogP contribution in [0.4, 0.5) is 0 Å². The number of carbonyl (C=O) groups excluding carboxylic acids is 4. The number of aromatic nitrogens is 4. The molecule has 0 saturated carbocycles. The molecular formula is C41H50N4O9. The fraction of sp³-hybridized carbons (Fsp3) is 0.463. The second-order valence-corrected chi connectivity index (χ2v) is 14.2. The molecule has 1 unspecified atom stereocenters. The van der Waals surface area contributed by atoms with Crippen molar-refractivity contribution < 1.29 is 43.2 Å². The van der Waals surface area contributed by atoms with E-state index < -0.39 is 29.3 Å². The number of H-pyrrole nitrogens is 2. The van der Waals surface area contributed by atoms with Crippen LogP contribution in [0.5, 0.6) is 0 Å². The Balaban J connectivity index is 2.00. The Morgan fingerprint density at radius 1 is 0.667 bits per heavy atom. The van der Waals surface area contributed by atoms with E-state index in [1.54, 1.807) is 0 Å². The van der Waals surface area contributed by atoms with Crippen molar-refractivity contribution in [2.75, 3.05) is 35.0 Å². The van der Waals surface area contributed by atoms with Crippen molar-refractivity contribution in [1.29, 1.82) is 0 Å². The minimum Gasteiger partial charge on any atom is -0.469 e. The van der Waals surface area contributed by atoms with Gasteiger partial charge in [-0.05, 0) is 97.2 Å². The first-order valence-corrected chi connectivity index (χ1v) is 18.1. The van der Waals surface area contributed by atoms with Gasteiger partial charge in [-0.3, -0.25) is 24.2 Å². The van der Waals surface area contributed by atoms with Crippen LogP contribution in [-0.4, -0.2) is 84.0 Å². The second kappa shape index (κ2) is 16.8. The predicted molar refractivity (Wildman–Crippen MR) is 203 cm³/mol. The van der Waals surface area contributed by atoms with Gasteiger partial charge < -0.3 is 34.0 Å². The maximum absolute atomic E-state index is 13.0. The first-order chi connectivity index (χ1) is 25.7. The summed E-state index contributed by atoms with van der Waals surface area (Å²) in [7, 11) is 5.30. The maximum atomic E-state index is 13.0. The molecule has 0 spiro atoms. The number of allylic oxidation sites excluding steroid dienone is 2. The molecule has 1 atom stereocenters. The number of nitrogens with one attached hydrogen (secondary N) is 2. The first kappa shape index (κ1) is 39.9. The molecular weight excluding hydrogens is 692 g/mol. The number of fused-ring (bicyclic) bond motifs is 8. The van der Waals surface area contributed by atoms with E-state index in [-0.39, 0.29) is 51.0 Å². The minimum atomic E-state index is -0.467. The molecule has 2 aliphatic rings. The summed E-state index contributed by atoms with van der Waals surface area (Å²) in [5, 5.41) is 9.86. The summed E-state index contributed by atoms with van der Waals surface area (Å²) in [4.78, 5) is 68.2. The van der Waals surface area contributed by atoms with E-state index in [9.17, 15) is 24.3 Å². The summed E-state index contributed by atoms with van der Waals surface area (Å²) in [5.41, 5.74) is 9.70. The highest BCUT2D eigenvalue weighted by atomic mass is 16.5. The Morgan fingerprint density at radius 3 is 1.61 bits per heavy atom. The van der Waals surface area contributed by atoms with Gasteiger partial charge in [-0.2, -0.15) is 0 Å². The number of hydrogen-bond acceptors (Lipinski definition) is 11. The monoisotopic (exact) mass is 742 g/mol. The Hall–Kier alpha value is -5.30. The smallest absolute Gasteiger partial charge is 0.310 e. The molecule has 3 aromatic rings. The third kappa shape index (κ3) is 8.25. The van der Waals surface area contributed by atoms with Crippen molar-refractivity contribution in [3.8, 4) is 0 Å². The Morgan fingerprint density at radius 2 is 1.13 bits per heavy atom. The molecule has 0 aliphatic carbocycles. The fourth-order valence-electron chi connectivity index (χ4n) is 7.39. The quantitative estimate of drug-likeness (QED) is 0.143. The van der Waals surface area contributed by atoms with Gasteiger partial charge in [0.2, 0.25) is 0 Å². The second-order valence-electron chi connectivity index (χ2n) is 14.2. The van der Waals surface area contributed by atoms with E-state index in [2.05, 4.69) is 23.8 Å². The van der Waals surface area contributed by atoms with Gasteiger partial charge >= 0.3 is 23.9 Å². The minimum absolute atomic E-state index is 0.0297. The van der Waals surface area contributed by atoms with Crippen LogP contribution in [0.25, 0.3) is 33.2 Å². The summed E-state index contributed by atoms with van der Waals surface area (Å²) in [6.45, 7) is 8.32. The molecule has 8 bridgehead atoms. The van der Waals surface area contributed by atoms with Gasteiger partial charge in [0.25, 0.3) is 0 Å². The molecule has 0 radical (unpaired) electrons. The number of esters is 4. The van der Waals surface area contributed by atoms with Crippen LogP contribution in [0.15, 0.2) is 24.3 Å². The normalized spacial score (nSPS) is 14.9. The van der Waals surface area contributed by atoms with Gasteiger partial charge in [0.15, 0.2) is 0 Å². The van der Waals surface area contributed by atoms with Gasteiger partial charge in [-0.15, -0.1) is 0 Å². The Labute approximate surface area is 314 Å². The molecule has 13 heteroatoms. The van der Waals surface area contributed by atoms with Gasteiger partial charge in [0.05, 0.1) is 52.7 Å². The summed E-state index contributed by atoms with van der Waals surface area (Å²) >= 11 is 0. The maximum Gasteiger partial charge on any atom is 0.310 e. The lowest BCUT2D eigenvalue weighted by Crippen LogP contribution is -2.22. The van der Waals surface area contributed by atoms with E-state index in [0.29, 0.717) is 62.9 Å². The number of aromatic amines is 2. The van der Waals surface area contributed by atoms with Crippen LogP contribution in [0.1, 0.15) is 104 Å². The van der Waals surface area contributed by atoms with Crippen LogP contribution >= 0.6 is 0 Å². The van der Waals surface area contributed by atoms with E-state index in [1.807, 2.05) is 38.1 Å². The highest BCUT2D eigenvalue weighted by Gasteiger charge is 2.39. The predicted octanol–water partition coefficient (Wildman–Crippen LogP) is 5.74. The zero-order valence-electron chi connectivity index (χ0n) is 32.4. The average Bonchev–Trinajstić information content (AvgIpc) is 3.80. The van der Waals surface area contributed by atoms with Crippen LogP contribution in [-0.2, 0) is 69.2 Å². The highest BCUT2D eigenvalue weighted by molar-refractivity contribution is 5.92. The number of rotatable bonds is 13. The fourth-order valence-corrected chi connectivity index (χ4v) is 7.39. The number of aliphatic hydroxyl groups excluding tert-OH is 1. The third-order valence-corrected chi connectivity index (χ3v) is 10.8. The zero-order chi connectivity index (χ0) is 39.3. The average molecular weight is 743 g/mol. The lowest BCUT2D eigenvalue weighted by molar-refractivity contribution is -0.141. The lowest BCUT2D eigenvalue weighted by Gasteiger charge is -2.27. The van der Waals surface area contributed by atoms with Gasteiger partial charge in [0, 0.05) is 64.2 Å². The van der Waals surface area contributed by atoms with Gasteiger partial charge in [0.1, 0.15) is 0 Å². The number of aliphatic hydroxyl groups is 1. The molecule has 3 N–H and O–H groups in total. The molecule has 0 saturated heterocycles. The molecule has 0 amide bonds. The van der Waals surface area contributed by atoms with E-state index in [0.717, 1.165) is 28.2 Å². The van der Waals surface area contributed by atoms with E-state index in [1.165, 1.54) is 28.4 Å². The van der Waals surface area contributed by atoms with Crippen LogP contribution in [0.3, 0.4) is 0 Å². The number of methoxy groups -OCH3 is 4. The third-order valence-electron chi connectivity index (χ3n) is 10.8. The number of aryl methyl sites for hydroxylation is 2. The highest BCUT2D eigenvalue weighted by Crippen LogP contribution is 2.45. The van der Waals surface area contributed by atoms with Crippen molar-refractivity contribution in [2.24, 2.45) is 0 Å². The summed E-state index contributed by atoms with van der Waals surface area (Å²) in [6, 6.07) is 7.74. The summed E-state index contributed by atoms with van der Waals surface area (Å²) in [6.07, 6.45) is 1.63. The number of hydrogen-bond donors (Lipinski definition) is 3. The van der Waals surface area contributed by atoms with Crippen LogP contribution in [0.2, 0.25) is 0 Å². The molecule has 54 heavy (non-hydrogen) atoms. The van der Waals surface area contributed by atoms with E-state index in [4.69, 9.17) is 28.9 Å². The van der Waals surface area contributed by atoms with Crippen molar-refractivity contribution in [3.63, 3.8) is 0 Å². The molecule has 13 nitrogen and oxygen atoms in total. The molecule has 0 aromatic carbocycles. The SMILES string of the molecule is COC(=O)CCc1c(CC(=O)OC)c2cc3nc(cc4nc(cc5[nH]c(cc1[nH]2)c(CCC(=O)OC)c5CC(=O)OC)C(CCCO)C4(C)C)C(C)=C3C. The number of ether oxygens (including phenoxy) is 4. The largest absolute Gasteiger partial charge is 0.469 e. The topological polar surface area (TPSA) is 183 Å². The van der Waals surface area contributed by atoms with Crippen molar-refractivity contribution in [3.05, 3.63) is 69.3 Å². The van der Waals surface area contributed by atoms with Crippen molar-refractivity contribution in [1.82, 2.24) is 19.9 Å². The van der Waals surface area contributed by atoms with E-state index >= 15 is 0 Å². The number of nitrogens with zero attached hydrogens (tertiary/aromatic N) is 2. The standard InChI is InChI=1S/C41H50N4O9/c1-22-23(2)30-21-36-41(3,4)28(10-9-15-46)35(45-36)20-34-27(17-40(50)54-8)25(12-14-38(48)52-6)32(44-34)19-31-24(11-13-37(47)51-5)26(16-39(49)53-7)33(43-31)18-29(22)42-30/h18-21,28,43-44,46H,9-17H2,1-8H3. The molecule has 5 rings (SSSR count).